The SMILES string of the molecule is CCn1c(NC(=O)CCNC(=O)c2cccs2)nc2ccccc21. The monoisotopic (exact) mass is 342 g/mol. The second-order valence-electron chi connectivity index (χ2n) is 5.20. The van der Waals surface area contributed by atoms with Crippen molar-refractivity contribution in [2.24, 2.45) is 0 Å². The number of para-hydroxylation sites is 2. The molecule has 2 heterocycles. The van der Waals surface area contributed by atoms with Crippen molar-refractivity contribution in [2.45, 2.75) is 19.9 Å². The molecule has 0 spiro atoms. The van der Waals surface area contributed by atoms with Gasteiger partial charge in [0.1, 0.15) is 0 Å². The van der Waals surface area contributed by atoms with Crippen molar-refractivity contribution in [3.63, 3.8) is 0 Å². The highest BCUT2D eigenvalue weighted by Gasteiger charge is 2.12. The Balaban J connectivity index is 1.58. The second kappa shape index (κ2) is 7.27. The first-order chi connectivity index (χ1) is 11.7. The van der Waals surface area contributed by atoms with Crippen molar-refractivity contribution >= 4 is 40.1 Å². The third kappa shape index (κ3) is 3.46. The van der Waals surface area contributed by atoms with E-state index >= 15 is 0 Å². The molecule has 24 heavy (non-hydrogen) atoms. The number of hydrogen-bond donors (Lipinski definition) is 2. The number of fused-ring (bicyclic) bond motifs is 1. The van der Waals surface area contributed by atoms with E-state index in [1.165, 1.54) is 11.3 Å². The molecule has 0 saturated carbocycles. The highest BCUT2D eigenvalue weighted by atomic mass is 32.1. The zero-order valence-electron chi connectivity index (χ0n) is 13.3. The van der Waals surface area contributed by atoms with Gasteiger partial charge in [0, 0.05) is 19.5 Å². The summed E-state index contributed by atoms with van der Waals surface area (Å²) in [5.41, 5.74) is 1.84. The van der Waals surface area contributed by atoms with Crippen LogP contribution in [0.3, 0.4) is 0 Å². The number of carbonyl (C=O) groups is 2. The first kappa shape index (κ1) is 16.2. The van der Waals surface area contributed by atoms with Gasteiger partial charge in [0.2, 0.25) is 11.9 Å². The predicted molar refractivity (Wildman–Crippen MR) is 95.3 cm³/mol. The van der Waals surface area contributed by atoms with E-state index in [2.05, 4.69) is 15.6 Å². The molecule has 6 nitrogen and oxygen atoms in total. The lowest BCUT2D eigenvalue weighted by Gasteiger charge is -2.08. The van der Waals surface area contributed by atoms with E-state index < -0.39 is 0 Å². The number of anilines is 1. The summed E-state index contributed by atoms with van der Waals surface area (Å²) in [6, 6.07) is 11.3. The van der Waals surface area contributed by atoms with Gasteiger partial charge in [-0.1, -0.05) is 18.2 Å². The lowest BCUT2D eigenvalue weighted by molar-refractivity contribution is -0.116. The number of imidazole rings is 1. The predicted octanol–water partition coefficient (Wildman–Crippen LogP) is 2.88. The number of nitrogens with zero attached hydrogens (tertiary/aromatic N) is 2. The summed E-state index contributed by atoms with van der Waals surface area (Å²) in [5, 5.41) is 7.41. The summed E-state index contributed by atoms with van der Waals surface area (Å²) in [7, 11) is 0. The van der Waals surface area contributed by atoms with E-state index in [0.29, 0.717) is 17.4 Å². The van der Waals surface area contributed by atoms with E-state index in [0.717, 1.165) is 11.0 Å². The minimum Gasteiger partial charge on any atom is -0.351 e. The average molecular weight is 342 g/mol. The van der Waals surface area contributed by atoms with Crippen molar-refractivity contribution in [1.29, 1.82) is 0 Å². The Morgan fingerprint density at radius 3 is 2.79 bits per heavy atom. The zero-order chi connectivity index (χ0) is 16.9. The van der Waals surface area contributed by atoms with Crippen LogP contribution >= 0.6 is 11.3 Å². The van der Waals surface area contributed by atoms with E-state index in [-0.39, 0.29) is 24.8 Å². The summed E-state index contributed by atoms with van der Waals surface area (Å²) >= 11 is 1.37. The van der Waals surface area contributed by atoms with Crippen LogP contribution in [-0.2, 0) is 11.3 Å². The minimum absolute atomic E-state index is 0.154. The Hall–Kier alpha value is -2.67. The first-order valence-corrected chi connectivity index (χ1v) is 8.64. The molecule has 7 heteroatoms. The molecule has 0 radical (unpaired) electrons. The van der Waals surface area contributed by atoms with Crippen molar-refractivity contribution in [1.82, 2.24) is 14.9 Å². The summed E-state index contributed by atoms with van der Waals surface area (Å²) in [6.45, 7) is 3.01. The Labute approximate surface area is 143 Å². The smallest absolute Gasteiger partial charge is 0.261 e. The molecule has 0 aliphatic carbocycles. The topological polar surface area (TPSA) is 76.0 Å². The van der Waals surface area contributed by atoms with Crippen molar-refractivity contribution in [3.05, 3.63) is 46.7 Å². The fourth-order valence-corrected chi connectivity index (χ4v) is 3.10. The molecule has 3 rings (SSSR count). The fraction of sp³-hybridized carbons (Fsp3) is 0.235. The number of benzene rings is 1. The van der Waals surface area contributed by atoms with Gasteiger partial charge in [-0.05, 0) is 30.5 Å². The van der Waals surface area contributed by atoms with Crippen LogP contribution in [-0.4, -0.2) is 27.9 Å². The fourth-order valence-electron chi connectivity index (χ4n) is 2.46. The number of carbonyl (C=O) groups excluding carboxylic acids is 2. The minimum atomic E-state index is -0.175. The normalized spacial score (nSPS) is 10.7. The van der Waals surface area contributed by atoms with Crippen molar-refractivity contribution < 1.29 is 9.59 Å². The van der Waals surface area contributed by atoms with Crippen LogP contribution in [0, 0.1) is 0 Å². The number of nitrogens with one attached hydrogen (secondary N) is 2. The molecular formula is C17H18N4O2S. The van der Waals surface area contributed by atoms with Crippen LogP contribution in [0.4, 0.5) is 5.95 Å². The zero-order valence-corrected chi connectivity index (χ0v) is 14.1. The molecular weight excluding hydrogens is 324 g/mol. The summed E-state index contributed by atoms with van der Waals surface area (Å²) in [4.78, 5) is 29.0. The molecule has 0 fully saturated rings. The molecule has 3 aromatic rings. The highest BCUT2D eigenvalue weighted by molar-refractivity contribution is 7.12. The van der Waals surface area contributed by atoms with Gasteiger partial charge in [-0.2, -0.15) is 0 Å². The molecule has 0 unspecified atom stereocenters. The van der Waals surface area contributed by atoms with Gasteiger partial charge in [-0.15, -0.1) is 11.3 Å². The van der Waals surface area contributed by atoms with E-state index in [4.69, 9.17) is 0 Å². The van der Waals surface area contributed by atoms with Gasteiger partial charge < -0.3 is 9.88 Å². The maximum absolute atomic E-state index is 12.1. The van der Waals surface area contributed by atoms with Crippen LogP contribution in [0.2, 0.25) is 0 Å². The van der Waals surface area contributed by atoms with Gasteiger partial charge in [-0.25, -0.2) is 4.98 Å². The standard InChI is InChI=1S/C17H18N4O2S/c1-2-21-13-7-4-3-6-12(13)19-17(21)20-15(22)9-10-18-16(23)14-8-5-11-24-14/h3-8,11H,2,9-10H2,1H3,(H,18,23)(H,19,20,22). The van der Waals surface area contributed by atoms with Crippen LogP contribution < -0.4 is 10.6 Å². The largest absolute Gasteiger partial charge is 0.351 e. The lowest BCUT2D eigenvalue weighted by atomic mass is 10.3. The summed E-state index contributed by atoms with van der Waals surface area (Å²) < 4.78 is 1.96. The molecule has 2 aromatic heterocycles. The van der Waals surface area contributed by atoms with Crippen LogP contribution in [0.25, 0.3) is 11.0 Å². The van der Waals surface area contributed by atoms with Gasteiger partial charge in [-0.3, -0.25) is 14.9 Å². The van der Waals surface area contributed by atoms with Crippen LogP contribution in [0.5, 0.6) is 0 Å². The molecule has 124 valence electrons. The van der Waals surface area contributed by atoms with Gasteiger partial charge in [0.05, 0.1) is 15.9 Å². The number of thiophene rings is 1. The number of aryl methyl sites for hydroxylation is 1. The maximum atomic E-state index is 12.1. The summed E-state index contributed by atoms with van der Waals surface area (Å²) in [6.07, 6.45) is 0.198. The van der Waals surface area contributed by atoms with Crippen LogP contribution in [0.15, 0.2) is 41.8 Å². The Morgan fingerprint density at radius 2 is 2.04 bits per heavy atom. The molecule has 0 saturated heterocycles. The summed E-state index contributed by atoms with van der Waals surface area (Å²) in [5.74, 6) is 0.207. The maximum Gasteiger partial charge on any atom is 0.261 e. The molecule has 2 amide bonds. The molecule has 0 aliphatic heterocycles. The Kier molecular flexibility index (Phi) is 4.90. The van der Waals surface area contributed by atoms with Crippen molar-refractivity contribution in [2.75, 3.05) is 11.9 Å². The van der Waals surface area contributed by atoms with Gasteiger partial charge in [0.15, 0.2) is 0 Å². The number of hydrogen-bond acceptors (Lipinski definition) is 4. The molecule has 0 bridgehead atoms. The first-order valence-electron chi connectivity index (χ1n) is 7.76. The average Bonchev–Trinajstić information content (AvgIpc) is 3.22. The highest BCUT2D eigenvalue weighted by Crippen LogP contribution is 2.19. The van der Waals surface area contributed by atoms with E-state index in [9.17, 15) is 9.59 Å². The number of aromatic nitrogens is 2. The molecule has 1 aromatic carbocycles. The molecule has 0 atom stereocenters. The Morgan fingerprint density at radius 1 is 1.21 bits per heavy atom. The van der Waals surface area contributed by atoms with Crippen molar-refractivity contribution in [3.8, 4) is 0 Å². The molecule has 2 N–H and O–H groups in total. The van der Waals surface area contributed by atoms with Crippen LogP contribution in [0.1, 0.15) is 23.0 Å². The van der Waals surface area contributed by atoms with Gasteiger partial charge in [0.25, 0.3) is 5.91 Å². The number of amides is 2. The quantitative estimate of drug-likeness (QED) is 0.723. The second-order valence-corrected chi connectivity index (χ2v) is 6.15. The third-order valence-corrected chi connectivity index (χ3v) is 4.47. The lowest BCUT2D eigenvalue weighted by Crippen LogP contribution is -2.27. The van der Waals surface area contributed by atoms with E-state index in [1.54, 1.807) is 6.07 Å². The number of rotatable bonds is 6. The third-order valence-electron chi connectivity index (χ3n) is 3.60. The van der Waals surface area contributed by atoms with Gasteiger partial charge >= 0.3 is 0 Å². The Bertz CT molecular complexity index is 855. The molecule has 0 aliphatic rings. The van der Waals surface area contributed by atoms with E-state index in [1.807, 2.05) is 47.2 Å².